The zero-order chi connectivity index (χ0) is 16.5. The summed E-state index contributed by atoms with van der Waals surface area (Å²) in [6.45, 7) is 1.60. The average Bonchev–Trinajstić information content (AvgIpc) is 2.43. The van der Waals surface area contributed by atoms with Gasteiger partial charge in [-0.15, -0.1) is 0 Å². The normalized spacial score (nSPS) is 11.2. The van der Waals surface area contributed by atoms with Crippen molar-refractivity contribution >= 4 is 21.7 Å². The van der Waals surface area contributed by atoms with Crippen LogP contribution in [0.1, 0.15) is 15.9 Å². The first-order valence-electron chi connectivity index (χ1n) is 6.02. The number of hydrogen-bond donors (Lipinski definition) is 2. The van der Waals surface area contributed by atoms with Crippen LogP contribution >= 0.6 is 0 Å². The molecule has 0 fully saturated rings. The van der Waals surface area contributed by atoms with Gasteiger partial charge in [-0.25, -0.2) is 22.0 Å². The van der Waals surface area contributed by atoms with E-state index in [1.54, 1.807) is 6.92 Å². The Morgan fingerprint density at radius 1 is 1.09 bits per heavy atom. The maximum Gasteiger partial charge on any atom is 0.338 e. The number of benzene rings is 2. The highest BCUT2D eigenvalue weighted by Crippen LogP contribution is 2.22. The molecule has 0 bridgehead atoms. The van der Waals surface area contributed by atoms with E-state index >= 15 is 0 Å². The van der Waals surface area contributed by atoms with Crippen molar-refractivity contribution < 1.29 is 27.1 Å². The van der Waals surface area contributed by atoms with Crippen LogP contribution in [0.4, 0.5) is 14.5 Å². The van der Waals surface area contributed by atoms with Crippen LogP contribution in [0.5, 0.6) is 0 Å². The molecule has 0 unspecified atom stereocenters. The Morgan fingerprint density at radius 3 is 2.36 bits per heavy atom. The smallest absolute Gasteiger partial charge is 0.338 e. The van der Waals surface area contributed by atoms with Gasteiger partial charge in [0.15, 0.2) is 0 Å². The fourth-order valence-corrected chi connectivity index (χ4v) is 2.99. The Hall–Kier alpha value is -2.48. The summed E-state index contributed by atoms with van der Waals surface area (Å²) < 4.78 is 53.3. The lowest BCUT2D eigenvalue weighted by atomic mass is 10.2. The summed E-state index contributed by atoms with van der Waals surface area (Å²) in [7, 11) is -4.26. The van der Waals surface area contributed by atoms with Gasteiger partial charge in [-0.05, 0) is 42.8 Å². The van der Waals surface area contributed by atoms with Crippen LogP contribution in [0, 0.1) is 18.6 Å². The monoisotopic (exact) mass is 327 g/mol. The first-order valence-corrected chi connectivity index (χ1v) is 7.51. The summed E-state index contributed by atoms with van der Waals surface area (Å²) in [6.07, 6.45) is 0. The number of carboxylic acid groups (broad SMARTS) is 1. The Bertz CT molecular complexity index is 850. The Balaban J connectivity index is 2.43. The largest absolute Gasteiger partial charge is 0.478 e. The van der Waals surface area contributed by atoms with E-state index in [0.29, 0.717) is 5.56 Å². The second-order valence-electron chi connectivity index (χ2n) is 4.54. The van der Waals surface area contributed by atoms with Crippen LogP contribution in [0.15, 0.2) is 41.3 Å². The van der Waals surface area contributed by atoms with Gasteiger partial charge in [0, 0.05) is 5.69 Å². The molecule has 2 aromatic carbocycles. The van der Waals surface area contributed by atoms with Gasteiger partial charge < -0.3 is 5.11 Å². The highest BCUT2D eigenvalue weighted by Gasteiger charge is 2.20. The molecule has 0 aliphatic carbocycles. The Morgan fingerprint density at radius 2 is 1.73 bits per heavy atom. The molecule has 0 aliphatic heterocycles. The van der Waals surface area contributed by atoms with Crippen molar-refractivity contribution in [1.29, 1.82) is 0 Å². The number of aromatic carboxylic acids is 1. The summed E-state index contributed by atoms with van der Waals surface area (Å²) >= 11 is 0. The van der Waals surface area contributed by atoms with E-state index in [1.807, 2.05) is 4.72 Å². The highest BCUT2D eigenvalue weighted by atomic mass is 32.2. The van der Waals surface area contributed by atoms with Gasteiger partial charge in [-0.3, -0.25) is 4.72 Å². The fourth-order valence-electron chi connectivity index (χ4n) is 1.78. The second kappa shape index (κ2) is 5.72. The first kappa shape index (κ1) is 15.9. The average molecular weight is 327 g/mol. The lowest BCUT2D eigenvalue weighted by Crippen LogP contribution is -2.15. The molecule has 0 saturated carbocycles. The SMILES string of the molecule is Cc1ccc(F)c(S(=O)(=O)Nc2ccc(F)c(C(=O)O)c2)c1. The van der Waals surface area contributed by atoms with Crippen molar-refractivity contribution in [1.82, 2.24) is 0 Å². The topological polar surface area (TPSA) is 83.5 Å². The highest BCUT2D eigenvalue weighted by molar-refractivity contribution is 7.92. The van der Waals surface area contributed by atoms with Gasteiger partial charge in [-0.2, -0.15) is 0 Å². The molecular formula is C14H11F2NO4S. The summed E-state index contributed by atoms with van der Waals surface area (Å²) in [4.78, 5) is 10.3. The number of halogens is 2. The third-order valence-corrected chi connectivity index (χ3v) is 4.22. The lowest BCUT2D eigenvalue weighted by Gasteiger charge is -2.10. The molecule has 116 valence electrons. The van der Waals surface area contributed by atoms with Crippen LogP contribution in [-0.4, -0.2) is 19.5 Å². The standard InChI is InChI=1S/C14H11F2NO4S/c1-8-2-4-12(16)13(6-8)22(20,21)17-9-3-5-11(15)10(7-9)14(18)19/h2-7,17H,1H3,(H,18,19). The van der Waals surface area contributed by atoms with Crippen molar-refractivity contribution in [2.24, 2.45) is 0 Å². The molecule has 0 saturated heterocycles. The van der Waals surface area contributed by atoms with Crippen molar-refractivity contribution in [2.45, 2.75) is 11.8 Å². The van der Waals surface area contributed by atoms with E-state index in [0.717, 1.165) is 30.3 Å². The van der Waals surface area contributed by atoms with Crippen LogP contribution in [0.3, 0.4) is 0 Å². The summed E-state index contributed by atoms with van der Waals surface area (Å²) in [5, 5.41) is 8.81. The van der Waals surface area contributed by atoms with Crippen LogP contribution in [0.2, 0.25) is 0 Å². The van der Waals surface area contributed by atoms with Gasteiger partial charge in [0.05, 0.1) is 5.56 Å². The number of carbonyl (C=O) groups is 1. The zero-order valence-electron chi connectivity index (χ0n) is 11.3. The third-order valence-electron chi connectivity index (χ3n) is 2.83. The number of carboxylic acids is 1. The van der Waals surface area contributed by atoms with Gasteiger partial charge >= 0.3 is 5.97 Å². The van der Waals surface area contributed by atoms with Gasteiger partial charge in [0.2, 0.25) is 0 Å². The van der Waals surface area contributed by atoms with E-state index in [2.05, 4.69) is 0 Å². The molecule has 0 aromatic heterocycles. The van der Waals surface area contributed by atoms with Crippen molar-refractivity contribution in [3.05, 3.63) is 59.2 Å². The molecule has 0 heterocycles. The number of sulfonamides is 1. The number of hydrogen-bond acceptors (Lipinski definition) is 3. The van der Waals surface area contributed by atoms with E-state index in [9.17, 15) is 22.0 Å². The number of aryl methyl sites for hydroxylation is 1. The molecule has 8 heteroatoms. The molecule has 2 N–H and O–H groups in total. The molecule has 0 spiro atoms. The zero-order valence-corrected chi connectivity index (χ0v) is 12.1. The van der Waals surface area contributed by atoms with Crippen molar-refractivity contribution in [3.8, 4) is 0 Å². The van der Waals surface area contributed by atoms with E-state index in [1.165, 1.54) is 6.07 Å². The quantitative estimate of drug-likeness (QED) is 0.904. The molecule has 5 nitrogen and oxygen atoms in total. The van der Waals surface area contributed by atoms with Crippen LogP contribution < -0.4 is 4.72 Å². The minimum Gasteiger partial charge on any atom is -0.478 e. The van der Waals surface area contributed by atoms with Crippen LogP contribution in [-0.2, 0) is 10.0 Å². The molecule has 0 radical (unpaired) electrons. The van der Waals surface area contributed by atoms with Gasteiger partial charge in [0.25, 0.3) is 10.0 Å². The maximum absolute atomic E-state index is 13.7. The number of anilines is 1. The summed E-state index contributed by atoms with van der Waals surface area (Å²) in [6, 6.07) is 6.25. The van der Waals surface area contributed by atoms with E-state index in [-0.39, 0.29) is 5.69 Å². The predicted octanol–water partition coefficient (Wildman–Crippen LogP) is 2.77. The molecule has 22 heavy (non-hydrogen) atoms. The fraction of sp³-hybridized carbons (Fsp3) is 0.0714. The van der Waals surface area contributed by atoms with E-state index < -0.39 is 38.1 Å². The number of nitrogens with one attached hydrogen (secondary N) is 1. The Labute approximate surface area is 125 Å². The van der Waals surface area contributed by atoms with Crippen molar-refractivity contribution in [2.75, 3.05) is 4.72 Å². The Kier molecular flexibility index (Phi) is 4.14. The molecule has 2 rings (SSSR count). The molecule has 0 atom stereocenters. The summed E-state index contributed by atoms with van der Waals surface area (Å²) in [5.41, 5.74) is -0.336. The van der Waals surface area contributed by atoms with E-state index in [4.69, 9.17) is 5.11 Å². The van der Waals surface area contributed by atoms with Crippen LogP contribution in [0.25, 0.3) is 0 Å². The molecule has 2 aromatic rings. The first-order chi connectivity index (χ1) is 10.2. The minimum atomic E-state index is -4.26. The molecule has 0 amide bonds. The van der Waals surface area contributed by atoms with Gasteiger partial charge in [-0.1, -0.05) is 6.07 Å². The number of rotatable bonds is 4. The molecular weight excluding hydrogens is 316 g/mol. The second-order valence-corrected chi connectivity index (χ2v) is 6.19. The predicted molar refractivity (Wildman–Crippen MR) is 75.3 cm³/mol. The summed E-state index contributed by atoms with van der Waals surface area (Å²) in [5.74, 6) is -3.49. The minimum absolute atomic E-state index is 0.181. The molecule has 0 aliphatic rings. The third kappa shape index (κ3) is 3.22. The maximum atomic E-state index is 13.7. The van der Waals surface area contributed by atoms with Crippen molar-refractivity contribution in [3.63, 3.8) is 0 Å². The van der Waals surface area contributed by atoms with Gasteiger partial charge in [0.1, 0.15) is 16.5 Å². The lowest BCUT2D eigenvalue weighted by molar-refractivity contribution is 0.0692.